The Morgan fingerprint density at radius 2 is 1.73 bits per heavy atom. The molecule has 33 heavy (non-hydrogen) atoms. The summed E-state index contributed by atoms with van der Waals surface area (Å²) in [5, 5.41) is 22.0. The SMILES string of the molecule is COCC[C@@H](CC1(C(=O)N[C@@H](CCCc2ccc(OC)cc2)CC(=O)O)CCCC1)C(=O)O. The molecule has 0 saturated heterocycles. The second-order valence-corrected chi connectivity index (χ2v) is 9.02. The highest BCUT2D eigenvalue weighted by Gasteiger charge is 2.44. The van der Waals surface area contributed by atoms with Gasteiger partial charge >= 0.3 is 11.9 Å². The average molecular weight is 464 g/mol. The summed E-state index contributed by atoms with van der Waals surface area (Å²) in [5.41, 5.74) is 0.356. The maximum atomic E-state index is 13.4. The number of ether oxygens (including phenoxy) is 2. The number of carboxylic acid groups (broad SMARTS) is 2. The minimum atomic E-state index is -0.964. The highest BCUT2D eigenvalue weighted by Crippen LogP contribution is 2.44. The van der Waals surface area contributed by atoms with E-state index in [1.54, 1.807) is 7.11 Å². The molecule has 0 bridgehead atoms. The van der Waals surface area contributed by atoms with Gasteiger partial charge < -0.3 is 25.0 Å². The Kier molecular flexibility index (Phi) is 10.6. The van der Waals surface area contributed by atoms with E-state index in [9.17, 15) is 24.6 Å². The molecule has 8 nitrogen and oxygen atoms in total. The zero-order valence-electron chi connectivity index (χ0n) is 19.7. The lowest BCUT2D eigenvalue weighted by Crippen LogP contribution is -2.46. The van der Waals surface area contributed by atoms with Crippen LogP contribution in [0.15, 0.2) is 24.3 Å². The van der Waals surface area contributed by atoms with Crippen LogP contribution in [0.2, 0.25) is 0 Å². The Labute approximate surface area is 195 Å². The van der Waals surface area contributed by atoms with Gasteiger partial charge in [-0.2, -0.15) is 0 Å². The van der Waals surface area contributed by atoms with Crippen molar-refractivity contribution in [3.8, 4) is 5.75 Å². The quantitative estimate of drug-likeness (QED) is 0.363. The number of carbonyl (C=O) groups excluding carboxylic acids is 1. The largest absolute Gasteiger partial charge is 0.497 e. The molecular weight excluding hydrogens is 426 g/mol. The van der Waals surface area contributed by atoms with Gasteiger partial charge in [0.2, 0.25) is 5.91 Å². The van der Waals surface area contributed by atoms with Crippen LogP contribution in [0.4, 0.5) is 0 Å². The third-order valence-corrected chi connectivity index (χ3v) is 6.63. The summed E-state index contributed by atoms with van der Waals surface area (Å²) in [4.78, 5) is 36.5. The number of benzene rings is 1. The standard InChI is InChI=1S/C25H37NO7/c1-32-15-12-19(23(29)30)17-25(13-3-4-14-25)24(31)26-20(16-22(27)28)7-5-6-18-8-10-21(33-2)11-9-18/h8-11,19-20H,3-7,12-17H2,1-2H3,(H,26,31)(H,27,28)(H,29,30)/t19-,20-/m0/s1. The average Bonchev–Trinajstić information content (AvgIpc) is 3.26. The molecular formula is C25H37NO7. The first-order valence-corrected chi connectivity index (χ1v) is 11.7. The molecule has 0 radical (unpaired) electrons. The second-order valence-electron chi connectivity index (χ2n) is 9.02. The highest BCUT2D eigenvalue weighted by molar-refractivity contribution is 5.84. The van der Waals surface area contributed by atoms with Crippen LogP contribution in [-0.2, 0) is 25.5 Å². The molecule has 3 N–H and O–H groups in total. The number of nitrogens with one attached hydrogen (secondary N) is 1. The highest BCUT2D eigenvalue weighted by atomic mass is 16.5. The molecule has 1 saturated carbocycles. The van der Waals surface area contributed by atoms with E-state index in [1.165, 1.54) is 7.11 Å². The monoisotopic (exact) mass is 463 g/mol. The van der Waals surface area contributed by atoms with E-state index in [1.807, 2.05) is 24.3 Å². The number of hydrogen-bond donors (Lipinski definition) is 3. The Morgan fingerprint density at radius 1 is 1.06 bits per heavy atom. The minimum Gasteiger partial charge on any atom is -0.497 e. The number of carboxylic acids is 2. The van der Waals surface area contributed by atoms with Crippen LogP contribution in [0.5, 0.6) is 5.75 Å². The molecule has 0 spiro atoms. The van der Waals surface area contributed by atoms with Gasteiger partial charge in [0.25, 0.3) is 0 Å². The molecule has 0 aliphatic heterocycles. The van der Waals surface area contributed by atoms with Gasteiger partial charge in [0.05, 0.1) is 24.9 Å². The number of amides is 1. The first kappa shape index (κ1) is 26.6. The Bertz CT molecular complexity index is 771. The molecule has 0 unspecified atom stereocenters. The smallest absolute Gasteiger partial charge is 0.306 e. The topological polar surface area (TPSA) is 122 Å². The number of aryl methyl sites for hydroxylation is 1. The summed E-state index contributed by atoms with van der Waals surface area (Å²) in [5.74, 6) is -1.98. The Balaban J connectivity index is 2.02. The van der Waals surface area contributed by atoms with Gasteiger partial charge in [-0.05, 0) is 62.6 Å². The normalized spacial score (nSPS) is 16.7. The Morgan fingerprint density at radius 3 is 2.27 bits per heavy atom. The molecule has 1 aliphatic carbocycles. The van der Waals surface area contributed by atoms with E-state index < -0.39 is 29.3 Å². The maximum Gasteiger partial charge on any atom is 0.306 e. The van der Waals surface area contributed by atoms with Crippen LogP contribution in [0.25, 0.3) is 0 Å². The van der Waals surface area contributed by atoms with Crippen molar-refractivity contribution in [1.29, 1.82) is 0 Å². The fourth-order valence-corrected chi connectivity index (χ4v) is 4.74. The van der Waals surface area contributed by atoms with Gasteiger partial charge in [0.1, 0.15) is 5.75 Å². The second kappa shape index (κ2) is 13.2. The van der Waals surface area contributed by atoms with Crippen LogP contribution in [0.3, 0.4) is 0 Å². The lowest BCUT2D eigenvalue weighted by molar-refractivity contribution is -0.145. The summed E-state index contributed by atoms with van der Waals surface area (Å²) in [6.45, 7) is 0.321. The summed E-state index contributed by atoms with van der Waals surface area (Å²) in [7, 11) is 3.14. The Hall–Kier alpha value is -2.61. The van der Waals surface area contributed by atoms with Crippen LogP contribution >= 0.6 is 0 Å². The summed E-state index contributed by atoms with van der Waals surface area (Å²) < 4.78 is 10.2. The van der Waals surface area contributed by atoms with Crippen LogP contribution in [0.1, 0.15) is 63.4 Å². The van der Waals surface area contributed by atoms with Crippen molar-refractivity contribution in [2.45, 2.75) is 70.3 Å². The maximum absolute atomic E-state index is 13.4. The third-order valence-electron chi connectivity index (χ3n) is 6.63. The lowest BCUT2D eigenvalue weighted by atomic mass is 9.75. The van der Waals surface area contributed by atoms with Gasteiger partial charge in [-0.1, -0.05) is 25.0 Å². The molecule has 1 aromatic carbocycles. The van der Waals surface area contributed by atoms with Crippen molar-refractivity contribution < 1.29 is 34.1 Å². The number of methoxy groups -OCH3 is 2. The molecule has 1 amide bonds. The van der Waals surface area contributed by atoms with E-state index in [0.717, 1.165) is 37.0 Å². The van der Waals surface area contributed by atoms with Crippen LogP contribution < -0.4 is 10.1 Å². The molecule has 1 aliphatic rings. The van der Waals surface area contributed by atoms with Gasteiger partial charge in [-0.3, -0.25) is 14.4 Å². The number of aliphatic carboxylic acids is 2. The predicted octanol–water partition coefficient (Wildman–Crippen LogP) is 3.67. The first-order valence-electron chi connectivity index (χ1n) is 11.7. The van der Waals surface area contributed by atoms with E-state index in [4.69, 9.17) is 9.47 Å². The molecule has 0 heterocycles. The summed E-state index contributed by atoms with van der Waals surface area (Å²) in [6, 6.07) is 7.23. The summed E-state index contributed by atoms with van der Waals surface area (Å²) in [6.07, 6.45) is 5.45. The molecule has 184 valence electrons. The van der Waals surface area contributed by atoms with Crippen molar-refractivity contribution >= 4 is 17.8 Å². The number of rotatable bonds is 15. The summed E-state index contributed by atoms with van der Waals surface area (Å²) >= 11 is 0. The van der Waals surface area contributed by atoms with E-state index in [2.05, 4.69) is 5.32 Å². The van der Waals surface area contributed by atoms with Crippen molar-refractivity contribution in [2.24, 2.45) is 11.3 Å². The van der Waals surface area contributed by atoms with E-state index in [0.29, 0.717) is 32.3 Å². The number of hydrogen-bond acceptors (Lipinski definition) is 5. The number of carbonyl (C=O) groups is 3. The zero-order valence-corrected chi connectivity index (χ0v) is 19.7. The fraction of sp³-hybridized carbons (Fsp3) is 0.640. The molecule has 1 aromatic rings. The first-order chi connectivity index (χ1) is 15.8. The molecule has 2 atom stereocenters. The van der Waals surface area contributed by atoms with E-state index in [-0.39, 0.29) is 18.7 Å². The minimum absolute atomic E-state index is 0.156. The fourth-order valence-electron chi connectivity index (χ4n) is 4.74. The van der Waals surface area contributed by atoms with Crippen molar-refractivity contribution in [2.75, 3.05) is 20.8 Å². The zero-order chi connectivity index (χ0) is 24.3. The van der Waals surface area contributed by atoms with Crippen molar-refractivity contribution in [3.63, 3.8) is 0 Å². The van der Waals surface area contributed by atoms with E-state index >= 15 is 0 Å². The van der Waals surface area contributed by atoms with Crippen LogP contribution in [0, 0.1) is 11.3 Å². The lowest BCUT2D eigenvalue weighted by Gasteiger charge is -2.32. The predicted molar refractivity (Wildman–Crippen MR) is 123 cm³/mol. The third kappa shape index (κ3) is 8.35. The van der Waals surface area contributed by atoms with Crippen molar-refractivity contribution in [1.82, 2.24) is 5.32 Å². The van der Waals surface area contributed by atoms with Gasteiger partial charge in [-0.15, -0.1) is 0 Å². The van der Waals surface area contributed by atoms with Gasteiger partial charge in [0, 0.05) is 19.8 Å². The van der Waals surface area contributed by atoms with Gasteiger partial charge in [0.15, 0.2) is 0 Å². The molecule has 2 rings (SSSR count). The molecule has 1 fully saturated rings. The van der Waals surface area contributed by atoms with Crippen LogP contribution in [-0.4, -0.2) is 54.9 Å². The molecule has 8 heteroatoms. The molecule has 0 aromatic heterocycles. The van der Waals surface area contributed by atoms with Crippen molar-refractivity contribution in [3.05, 3.63) is 29.8 Å². The van der Waals surface area contributed by atoms with Gasteiger partial charge in [-0.25, -0.2) is 0 Å².